The van der Waals surface area contributed by atoms with Gasteiger partial charge in [0.1, 0.15) is 5.75 Å². The third-order valence-electron chi connectivity index (χ3n) is 2.29. The topological polar surface area (TPSA) is 29.5 Å². The molecule has 0 atom stereocenters. The number of benzene rings is 2. The number of hydrogen-bond donors (Lipinski definition) is 1. The molecule has 0 aliphatic rings. The zero-order chi connectivity index (χ0) is 9.97. The van der Waals surface area contributed by atoms with E-state index in [-0.39, 0.29) is 7.48 Å². The Kier molecular flexibility index (Phi) is 2.42. The summed E-state index contributed by atoms with van der Waals surface area (Å²) in [5, 5.41) is 11.2. The van der Waals surface area contributed by atoms with E-state index in [1.807, 2.05) is 36.4 Å². The lowest BCUT2D eigenvalue weighted by molar-refractivity contribution is 0.415. The van der Waals surface area contributed by atoms with Crippen LogP contribution in [0.2, 0.25) is 0 Å². The summed E-state index contributed by atoms with van der Waals surface area (Å²) in [4.78, 5) is 0. The molecule has 2 nitrogen and oxygen atoms in total. The molecule has 0 aromatic heterocycles. The SMILES string of the molecule is COc1ccc2cc(BO)ccc2c1. The fourth-order valence-corrected chi connectivity index (χ4v) is 1.50. The third-order valence-corrected chi connectivity index (χ3v) is 2.29. The van der Waals surface area contributed by atoms with E-state index < -0.39 is 0 Å². The molecule has 0 aliphatic heterocycles. The third kappa shape index (κ3) is 1.59. The summed E-state index contributed by atoms with van der Waals surface area (Å²) in [6, 6.07) is 11.8. The van der Waals surface area contributed by atoms with Crippen LogP contribution in [0, 0.1) is 0 Å². The quantitative estimate of drug-likeness (QED) is 0.703. The van der Waals surface area contributed by atoms with Crippen LogP contribution in [-0.2, 0) is 0 Å². The lowest BCUT2D eigenvalue weighted by atomic mass is 9.87. The summed E-state index contributed by atoms with van der Waals surface area (Å²) in [7, 11) is 1.74. The van der Waals surface area contributed by atoms with Gasteiger partial charge in [-0.2, -0.15) is 0 Å². The van der Waals surface area contributed by atoms with Gasteiger partial charge in [-0.3, -0.25) is 0 Å². The maximum atomic E-state index is 8.97. The largest absolute Gasteiger partial charge is 0.497 e. The van der Waals surface area contributed by atoms with Crippen molar-refractivity contribution in [3.63, 3.8) is 0 Å². The molecule has 2 aromatic carbocycles. The van der Waals surface area contributed by atoms with Crippen molar-refractivity contribution in [3.05, 3.63) is 36.4 Å². The molecule has 2 rings (SSSR count). The molecule has 0 amide bonds. The molecule has 0 unspecified atom stereocenters. The fraction of sp³-hybridized carbons (Fsp3) is 0.0909. The zero-order valence-electron chi connectivity index (χ0n) is 8.03. The minimum Gasteiger partial charge on any atom is -0.497 e. The van der Waals surface area contributed by atoms with Gasteiger partial charge < -0.3 is 9.76 Å². The van der Waals surface area contributed by atoms with Crippen molar-refractivity contribution in [2.45, 2.75) is 0 Å². The van der Waals surface area contributed by atoms with E-state index in [9.17, 15) is 0 Å². The molecule has 0 spiro atoms. The van der Waals surface area contributed by atoms with E-state index in [4.69, 9.17) is 9.76 Å². The number of ether oxygens (including phenoxy) is 1. The molecule has 0 saturated heterocycles. The molecule has 0 aliphatic carbocycles. The molecular weight excluding hydrogens is 175 g/mol. The highest BCUT2D eigenvalue weighted by Crippen LogP contribution is 2.19. The molecule has 0 bridgehead atoms. The summed E-state index contributed by atoms with van der Waals surface area (Å²) < 4.78 is 5.13. The molecule has 0 heterocycles. The zero-order valence-corrected chi connectivity index (χ0v) is 8.03. The molecule has 70 valence electrons. The maximum Gasteiger partial charge on any atom is 0.304 e. The van der Waals surface area contributed by atoms with Gasteiger partial charge in [-0.1, -0.05) is 29.7 Å². The molecule has 2 aromatic rings. The second-order valence-corrected chi connectivity index (χ2v) is 3.21. The van der Waals surface area contributed by atoms with Crippen LogP contribution in [0.4, 0.5) is 0 Å². The molecule has 3 heteroatoms. The predicted molar refractivity (Wildman–Crippen MR) is 59.5 cm³/mol. The number of rotatable bonds is 2. The van der Waals surface area contributed by atoms with Crippen molar-refractivity contribution in [1.29, 1.82) is 0 Å². The van der Waals surface area contributed by atoms with Crippen LogP contribution in [0.5, 0.6) is 5.75 Å². The summed E-state index contributed by atoms with van der Waals surface area (Å²) in [6.07, 6.45) is 0. The molecule has 0 fully saturated rings. The highest BCUT2D eigenvalue weighted by atomic mass is 16.5. The maximum absolute atomic E-state index is 8.97. The van der Waals surface area contributed by atoms with Crippen LogP contribution in [-0.4, -0.2) is 19.6 Å². The first-order valence-electron chi connectivity index (χ1n) is 4.51. The molecule has 0 radical (unpaired) electrons. The average molecular weight is 186 g/mol. The molecule has 14 heavy (non-hydrogen) atoms. The van der Waals surface area contributed by atoms with Crippen molar-refractivity contribution >= 4 is 23.7 Å². The van der Waals surface area contributed by atoms with Crippen LogP contribution in [0.25, 0.3) is 10.8 Å². The van der Waals surface area contributed by atoms with E-state index in [1.54, 1.807) is 7.11 Å². The lowest BCUT2D eigenvalue weighted by Gasteiger charge is -2.03. The minimum atomic E-state index is 0.0853. The van der Waals surface area contributed by atoms with E-state index in [0.29, 0.717) is 0 Å². The molecule has 0 saturated carbocycles. The first kappa shape index (κ1) is 9.09. The first-order chi connectivity index (χ1) is 6.83. The summed E-state index contributed by atoms with van der Waals surface area (Å²) in [5.41, 5.74) is 0.933. The van der Waals surface area contributed by atoms with Crippen LogP contribution < -0.4 is 10.2 Å². The van der Waals surface area contributed by atoms with Crippen LogP contribution in [0.15, 0.2) is 36.4 Å². The number of fused-ring (bicyclic) bond motifs is 1. The van der Waals surface area contributed by atoms with Gasteiger partial charge >= 0.3 is 7.48 Å². The number of hydrogen-bond acceptors (Lipinski definition) is 2. The highest BCUT2D eigenvalue weighted by Gasteiger charge is 1.98. The van der Waals surface area contributed by atoms with Crippen LogP contribution >= 0.6 is 0 Å². The van der Waals surface area contributed by atoms with Gasteiger partial charge in [-0.25, -0.2) is 0 Å². The van der Waals surface area contributed by atoms with Crippen molar-refractivity contribution in [3.8, 4) is 5.75 Å². The highest BCUT2D eigenvalue weighted by molar-refractivity contribution is 6.46. The van der Waals surface area contributed by atoms with E-state index >= 15 is 0 Å². The van der Waals surface area contributed by atoms with Crippen molar-refractivity contribution < 1.29 is 9.76 Å². The Morgan fingerprint density at radius 3 is 2.50 bits per heavy atom. The molecule has 1 N–H and O–H groups in total. The van der Waals surface area contributed by atoms with Gasteiger partial charge in [0.15, 0.2) is 0 Å². The van der Waals surface area contributed by atoms with Gasteiger partial charge in [-0.15, -0.1) is 0 Å². The van der Waals surface area contributed by atoms with E-state index in [2.05, 4.69) is 0 Å². The standard InChI is InChI=1S/C11H11BO2/c1-14-11-5-3-8-6-10(12-13)4-2-9(8)7-11/h2-7,12-13H,1H3. The summed E-state index contributed by atoms with van der Waals surface area (Å²) in [6.45, 7) is 0. The van der Waals surface area contributed by atoms with E-state index in [0.717, 1.165) is 22.0 Å². The number of methoxy groups -OCH3 is 1. The smallest absolute Gasteiger partial charge is 0.304 e. The lowest BCUT2D eigenvalue weighted by Crippen LogP contribution is -2.12. The Labute approximate surface area is 83.4 Å². The predicted octanol–water partition coefficient (Wildman–Crippen LogP) is 0.817. The van der Waals surface area contributed by atoms with E-state index in [1.165, 1.54) is 0 Å². The minimum absolute atomic E-state index is 0.0853. The Hall–Kier alpha value is -1.48. The van der Waals surface area contributed by atoms with Gasteiger partial charge in [0.05, 0.1) is 7.11 Å². The van der Waals surface area contributed by atoms with Gasteiger partial charge in [0.2, 0.25) is 0 Å². The normalized spacial score (nSPS) is 10.1. The van der Waals surface area contributed by atoms with Crippen LogP contribution in [0.3, 0.4) is 0 Å². The van der Waals surface area contributed by atoms with Gasteiger partial charge in [-0.05, 0) is 22.9 Å². The Balaban J connectivity index is 2.57. The first-order valence-corrected chi connectivity index (χ1v) is 4.51. The Morgan fingerprint density at radius 1 is 1.07 bits per heavy atom. The Morgan fingerprint density at radius 2 is 1.79 bits per heavy atom. The monoisotopic (exact) mass is 186 g/mol. The van der Waals surface area contributed by atoms with Gasteiger partial charge in [0.25, 0.3) is 0 Å². The van der Waals surface area contributed by atoms with Gasteiger partial charge in [0, 0.05) is 0 Å². The second kappa shape index (κ2) is 3.72. The average Bonchev–Trinajstić information content (AvgIpc) is 2.27. The summed E-state index contributed by atoms with van der Waals surface area (Å²) in [5.74, 6) is 0.856. The molecular formula is C11H11BO2. The Bertz CT molecular complexity index is 411. The second-order valence-electron chi connectivity index (χ2n) is 3.21. The summed E-state index contributed by atoms with van der Waals surface area (Å²) >= 11 is 0. The van der Waals surface area contributed by atoms with Crippen LogP contribution in [0.1, 0.15) is 0 Å². The fourth-order valence-electron chi connectivity index (χ4n) is 1.50. The van der Waals surface area contributed by atoms with Crippen molar-refractivity contribution in [2.24, 2.45) is 0 Å². The van der Waals surface area contributed by atoms with Crippen molar-refractivity contribution in [2.75, 3.05) is 7.11 Å². The van der Waals surface area contributed by atoms with Crippen molar-refractivity contribution in [1.82, 2.24) is 0 Å².